The van der Waals surface area contributed by atoms with E-state index in [1.54, 1.807) is 23.8 Å². The van der Waals surface area contributed by atoms with E-state index in [-0.39, 0.29) is 11.6 Å². The third-order valence-electron chi connectivity index (χ3n) is 4.98. The van der Waals surface area contributed by atoms with Gasteiger partial charge in [0.15, 0.2) is 0 Å². The minimum atomic E-state index is -0.115. The molecule has 0 radical (unpaired) electrons. The Kier molecular flexibility index (Phi) is 5.84. The number of aryl methyl sites for hydroxylation is 1. The van der Waals surface area contributed by atoms with E-state index in [0.717, 1.165) is 22.4 Å². The van der Waals surface area contributed by atoms with Crippen LogP contribution >= 0.6 is 11.6 Å². The molecule has 4 rings (SSSR count). The summed E-state index contributed by atoms with van der Waals surface area (Å²) in [6.45, 7) is 2.39. The van der Waals surface area contributed by atoms with Gasteiger partial charge in [-0.05, 0) is 53.9 Å². The predicted molar refractivity (Wildman–Crippen MR) is 119 cm³/mol. The summed E-state index contributed by atoms with van der Waals surface area (Å²) in [5.74, 6) is 0.783. The predicted octanol–water partition coefficient (Wildman–Crippen LogP) is 4.54. The van der Waals surface area contributed by atoms with Gasteiger partial charge in [-0.25, -0.2) is 4.98 Å². The van der Waals surface area contributed by atoms with Crippen molar-refractivity contribution in [1.29, 1.82) is 0 Å². The molecule has 2 aromatic heterocycles. The number of benzene rings is 2. The highest BCUT2D eigenvalue weighted by atomic mass is 35.5. The van der Waals surface area contributed by atoms with Gasteiger partial charge in [0.2, 0.25) is 0 Å². The number of methoxy groups -OCH3 is 1. The molecule has 0 saturated heterocycles. The summed E-state index contributed by atoms with van der Waals surface area (Å²) >= 11 is 6.08. The van der Waals surface area contributed by atoms with Crippen LogP contribution < -0.4 is 15.6 Å². The van der Waals surface area contributed by atoms with Gasteiger partial charge in [-0.15, -0.1) is 0 Å². The van der Waals surface area contributed by atoms with E-state index in [1.807, 2.05) is 67.6 Å². The molecule has 4 aromatic rings. The third-order valence-corrected chi connectivity index (χ3v) is 5.23. The maximum Gasteiger partial charge on any atom is 0.258 e. The Morgan fingerprint density at radius 1 is 1.07 bits per heavy atom. The molecule has 0 fully saturated rings. The summed E-state index contributed by atoms with van der Waals surface area (Å²) < 4.78 is 6.96. The van der Waals surface area contributed by atoms with Crippen molar-refractivity contribution in [1.82, 2.24) is 14.7 Å². The molecule has 152 valence electrons. The summed E-state index contributed by atoms with van der Waals surface area (Å²) in [4.78, 5) is 17.2. The highest BCUT2D eigenvalue weighted by Crippen LogP contribution is 2.26. The molecule has 0 aliphatic carbocycles. The second kappa shape index (κ2) is 8.69. The molecule has 1 unspecified atom stereocenters. The van der Waals surface area contributed by atoms with Crippen LogP contribution in [0, 0.1) is 6.92 Å². The van der Waals surface area contributed by atoms with Gasteiger partial charge in [-0.1, -0.05) is 41.9 Å². The number of nitrogens with zero attached hydrogens (tertiary/aromatic N) is 2. The van der Waals surface area contributed by atoms with Crippen molar-refractivity contribution >= 4 is 17.2 Å². The first-order valence-electron chi connectivity index (χ1n) is 9.65. The first kappa shape index (κ1) is 20.1. The standard InChI is InChI=1S/C24H22ClN3O2/c1-16-6-11-22-27-20(13-23(29)28(22)15-16)14-26-24(17-7-9-19(25)10-8-17)18-4-3-5-21(12-18)30-2/h3-13,15,24,26H,14H2,1-2H3. The number of fused-ring (bicyclic) bond motifs is 1. The number of hydrogen-bond donors (Lipinski definition) is 1. The summed E-state index contributed by atoms with van der Waals surface area (Å²) in [5.41, 5.74) is 4.34. The lowest BCUT2D eigenvalue weighted by Crippen LogP contribution is -2.24. The summed E-state index contributed by atoms with van der Waals surface area (Å²) in [5, 5.41) is 4.22. The first-order valence-corrected chi connectivity index (χ1v) is 10.0. The Bertz CT molecular complexity index is 1240. The monoisotopic (exact) mass is 419 g/mol. The van der Waals surface area contributed by atoms with Crippen molar-refractivity contribution in [3.8, 4) is 5.75 Å². The van der Waals surface area contributed by atoms with Crippen LogP contribution in [0.3, 0.4) is 0 Å². The van der Waals surface area contributed by atoms with Gasteiger partial charge < -0.3 is 10.1 Å². The Labute approximate surface area is 179 Å². The largest absolute Gasteiger partial charge is 0.497 e. The zero-order valence-corrected chi connectivity index (χ0v) is 17.6. The molecule has 0 bridgehead atoms. The Balaban J connectivity index is 1.66. The van der Waals surface area contributed by atoms with E-state index in [2.05, 4.69) is 10.3 Å². The molecule has 30 heavy (non-hydrogen) atoms. The molecule has 0 spiro atoms. The van der Waals surface area contributed by atoms with Crippen LogP contribution in [0.1, 0.15) is 28.4 Å². The number of hydrogen-bond acceptors (Lipinski definition) is 4. The number of nitrogens with one attached hydrogen (secondary N) is 1. The van der Waals surface area contributed by atoms with Crippen molar-refractivity contribution < 1.29 is 4.74 Å². The number of ether oxygens (including phenoxy) is 1. The topological polar surface area (TPSA) is 55.6 Å². The molecule has 1 N–H and O–H groups in total. The second-order valence-corrected chi connectivity index (χ2v) is 7.60. The summed E-state index contributed by atoms with van der Waals surface area (Å²) in [7, 11) is 1.65. The molecule has 0 aliphatic rings. The molecule has 5 nitrogen and oxygen atoms in total. The fraction of sp³-hybridized carbons (Fsp3) is 0.167. The highest BCUT2D eigenvalue weighted by Gasteiger charge is 2.15. The number of halogens is 1. The lowest BCUT2D eigenvalue weighted by atomic mass is 9.98. The Morgan fingerprint density at radius 2 is 1.87 bits per heavy atom. The molecule has 0 aliphatic heterocycles. The van der Waals surface area contributed by atoms with Crippen LogP contribution in [-0.2, 0) is 6.54 Å². The Hall–Kier alpha value is -3.15. The average molecular weight is 420 g/mol. The van der Waals surface area contributed by atoms with E-state index in [9.17, 15) is 4.79 Å². The fourth-order valence-corrected chi connectivity index (χ4v) is 3.59. The van der Waals surface area contributed by atoms with Crippen LogP contribution in [0.4, 0.5) is 0 Å². The van der Waals surface area contributed by atoms with Gasteiger partial charge in [-0.3, -0.25) is 9.20 Å². The Morgan fingerprint density at radius 3 is 2.63 bits per heavy atom. The van der Waals surface area contributed by atoms with E-state index in [0.29, 0.717) is 22.9 Å². The molecule has 6 heteroatoms. The lowest BCUT2D eigenvalue weighted by molar-refractivity contribution is 0.413. The minimum absolute atomic E-state index is 0.0927. The molecule has 1 atom stereocenters. The normalized spacial score (nSPS) is 12.1. The van der Waals surface area contributed by atoms with E-state index in [1.165, 1.54) is 0 Å². The first-order chi connectivity index (χ1) is 14.5. The maximum atomic E-state index is 12.5. The van der Waals surface area contributed by atoms with E-state index in [4.69, 9.17) is 16.3 Å². The zero-order valence-electron chi connectivity index (χ0n) is 16.8. The van der Waals surface area contributed by atoms with Crippen molar-refractivity contribution in [2.24, 2.45) is 0 Å². The van der Waals surface area contributed by atoms with Gasteiger partial charge in [0.05, 0.1) is 18.8 Å². The van der Waals surface area contributed by atoms with Crippen molar-refractivity contribution in [3.63, 3.8) is 0 Å². The second-order valence-electron chi connectivity index (χ2n) is 7.16. The van der Waals surface area contributed by atoms with E-state index >= 15 is 0 Å². The molecular weight excluding hydrogens is 398 g/mol. The number of pyridine rings is 1. The quantitative estimate of drug-likeness (QED) is 0.498. The smallest absolute Gasteiger partial charge is 0.258 e. The van der Waals surface area contributed by atoms with Crippen molar-refractivity contribution in [2.75, 3.05) is 7.11 Å². The minimum Gasteiger partial charge on any atom is -0.497 e. The summed E-state index contributed by atoms with van der Waals surface area (Å²) in [6, 6.07) is 20.9. The van der Waals surface area contributed by atoms with Crippen LogP contribution in [0.5, 0.6) is 5.75 Å². The van der Waals surface area contributed by atoms with Crippen LogP contribution in [0.2, 0.25) is 5.02 Å². The van der Waals surface area contributed by atoms with Gasteiger partial charge >= 0.3 is 0 Å². The van der Waals surface area contributed by atoms with Crippen LogP contribution in [0.15, 0.2) is 77.7 Å². The average Bonchev–Trinajstić information content (AvgIpc) is 2.76. The van der Waals surface area contributed by atoms with Gasteiger partial charge in [0.1, 0.15) is 11.4 Å². The van der Waals surface area contributed by atoms with Crippen LogP contribution in [-0.4, -0.2) is 16.5 Å². The van der Waals surface area contributed by atoms with E-state index < -0.39 is 0 Å². The molecule has 0 saturated carbocycles. The highest BCUT2D eigenvalue weighted by molar-refractivity contribution is 6.30. The van der Waals surface area contributed by atoms with Crippen LogP contribution in [0.25, 0.3) is 5.65 Å². The molecule has 2 heterocycles. The molecular formula is C24H22ClN3O2. The lowest BCUT2D eigenvalue weighted by Gasteiger charge is -2.20. The van der Waals surface area contributed by atoms with Gasteiger partial charge in [0.25, 0.3) is 5.56 Å². The van der Waals surface area contributed by atoms with Crippen molar-refractivity contribution in [2.45, 2.75) is 19.5 Å². The van der Waals surface area contributed by atoms with Crippen molar-refractivity contribution in [3.05, 3.63) is 111 Å². The molecule has 0 amide bonds. The van der Waals surface area contributed by atoms with Gasteiger partial charge in [0, 0.05) is 23.8 Å². The number of rotatable bonds is 6. The third kappa shape index (κ3) is 4.37. The fourth-order valence-electron chi connectivity index (χ4n) is 3.46. The maximum absolute atomic E-state index is 12.5. The zero-order chi connectivity index (χ0) is 21.1. The summed E-state index contributed by atoms with van der Waals surface area (Å²) in [6.07, 6.45) is 1.80. The molecule has 2 aromatic carbocycles. The SMILES string of the molecule is COc1cccc(C(NCc2cc(=O)n3cc(C)ccc3n2)c2ccc(Cl)cc2)c1. The van der Waals surface area contributed by atoms with Gasteiger partial charge in [-0.2, -0.15) is 0 Å². The number of aromatic nitrogens is 2.